The lowest BCUT2D eigenvalue weighted by molar-refractivity contribution is -0.115. The van der Waals surface area contributed by atoms with E-state index in [9.17, 15) is 4.79 Å². The molecule has 2 aromatic carbocycles. The van der Waals surface area contributed by atoms with Crippen molar-refractivity contribution in [1.29, 1.82) is 0 Å². The molecule has 0 spiro atoms. The summed E-state index contributed by atoms with van der Waals surface area (Å²) in [7, 11) is 0. The first kappa shape index (κ1) is 15.9. The van der Waals surface area contributed by atoms with Crippen LogP contribution < -0.4 is 5.32 Å². The van der Waals surface area contributed by atoms with Crippen LogP contribution in [-0.2, 0) is 11.2 Å². The van der Waals surface area contributed by atoms with Gasteiger partial charge in [0.1, 0.15) is 5.01 Å². The number of thiazole rings is 1. The number of carbonyl (C=O) groups is 1. The van der Waals surface area contributed by atoms with Gasteiger partial charge in [0.2, 0.25) is 5.91 Å². The van der Waals surface area contributed by atoms with Crippen LogP contribution in [0.4, 0.5) is 5.69 Å². The normalized spacial score (nSPS) is 10.5. The standard InChI is InChI=1S/C18H15BrN2OS/c1-12-5-2-3-8-16(12)21-17(22)10-15-11-23-18(20-15)13-6-4-7-14(19)9-13/h2-9,11H,10H2,1H3,(H,21,22). The number of hydrogen-bond acceptors (Lipinski definition) is 3. The summed E-state index contributed by atoms with van der Waals surface area (Å²) in [6.07, 6.45) is 0.277. The molecule has 1 aromatic heterocycles. The molecule has 0 saturated carbocycles. The lowest BCUT2D eigenvalue weighted by Gasteiger charge is -2.06. The average Bonchev–Trinajstić information content (AvgIpc) is 2.98. The summed E-state index contributed by atoms with van der Waals surface area (Å²) in [6, 6.07) is 15.7. The van der Waals surface area contributed by atoms with Crippen molar-refractivity contribution < 1.29 is 4.79 Å². The molecule has 3 rings (SSSR count). The van der Waals surface area contributed by atoms with Gasteiger partial charge in [0.05, 0.1) is 12.1 Å². The van der Waals surface area contributed by atoms with Crippen LogP contribution in [0.2, 0.25) is 0 Å². The highest BCUT2D eigenvalue weighted by Gasteiger charge is 2.10. The average molecular weight is 387 g/mol. The molecule has 1 N–H and O–H groups in total. The molecule has 3 nitrogen and oxygen atoms in total. The van der Waals surface area contributed by atoms with Crippen LogP contribution in [0.3, 0.4) is 0 Å². The van der Waals surface area contributed by atoms with Crippen LogP contribution in [-0.4, -0.2) is 10.9 Å². The number of nitrogens with one attached hydrogen (secondary N) is 1. The minimum absolute atomic E-state index is 0.0506. The number of benzene rings is 2. The molecule has 0 bridgehead atoms. The topological polar surface area (TPSA) is 42.0 Å². The predicted molar refractivity (Wildman–Crippen MR) is 98.8 cm³/mol. The maximum atomic E-state index is 12.2. The molecule has 0 aliphatic heterocycles. The van der Waals surface area contributed by atoms with Crippen molar-refractivity contribution >= 4 is 38.9 Å². The van der Waals surface area contributed by atoms with Crippen molar-refractivity contribution in [2.24, 2.45) is 0 Å². The molecular formula is C18H15BrN2OS. The third-order valence-electron chi connectivity index (χ3n) is 3.38. The fourth-order valence-corrected chi connectivity index (χ4v) is 3.43. The Bertz CT molecular complexity index is 844. The molecule has 3 aromatic rings. The number of aryl methyl sites for hydroxylation is 1. The summed E-state index contributed by atoms with van der Waals surface area (Å²) >= 11 is 5.01. The Labute approximate surface area is 147 Å². The monoisotopic (exact) mass is 386 g/mol. The van der Waals surface area contributed by atoms with Gasteiger partial charge in [-0.3, -0.25) is 4.79 Å². The molecule has 0 fully saturated rings. The lowest BCUT2D eigenvalue weighted by atomic mass is 10.2. The Kier molecular flexibility index (Phi) is 4.88. The largest absolute Gasteiger partial charge is 0.326 e. The molecule has 1 amide bonds. The molecule has 116 valence electrons. The van der Waals surface area contributed by atoms with Crippen molar-refractivity contribution in [1.82, 2.24) is 4.98 Å². The van der Waals surface area contributed by atoms with E-state index >= 15 is 0 Å². The summed E-state index contributed by atoms with van der Waals surface area (Å²) in [5.74, 6) is -0.0506. The first-order chi connectivity index (χ1) is 11.1. The van der Waals surface area contributed by atoms with E-state index in [0.29, 0.717) is 0 Å². The number of para-hydroxylation sites is 1. The van der Waals surface area contributed by atoms with Crippen molar-refractivity contribution in [2.75, 3.05) is 5.32 Å². The zero-order valence-electron chi connectivity index (χ0n) is 12.5. The number of halogens is 1. The van der Waals surface area contributed by atoms with Crippen LogP contribution >= 0.6 is 27.3 Å². The molecule has 0 atom stereocenters. The minimum Gasteiger partial charge on any atom is -0.326 e. The second-order valence-electron chi connectivity index (χ2n) is 5.19. The van der Waals surface area contributed by atoms with Gasteiger partial charge in [-0.15, -0.1) is 11.3 Å². The van der Waals surface area contributed by atoms with Gasteiger partial charge in [-0.05, 0) is 30.7 Å². The molecule has 0 saturated heterocycles. The van der Waals surface area contributed by atoms with Gasteiger partial charge >= 0.3 is 0 Å². The highest BCUT2D eigenvalue weighted by atomic mass is 79.9. The number of rotatable bonds is 4. The summed E-state index contributed by atoms with van der Waals surface area (Å²) in [5.41, 5.74) is 3.74. The first-order valence-corrected chi connectivity index (χ1v) is 8.85. The van der Waals surface area contributed by atoms with E-state index in [2.05, 4.69) is 26.2 Å². The highest BCUT2D eigenvalue weighted by Crippen LogP contribution is 2.26. The van der Waals surface area contributed by atoms with Gasteiger partial charge in [-0.25, -0.2) is 4.98 Å². The van der Waals surface area contributed by atoms with E-state index < -0.39 is 0 Å². The number of hydrogen-bond donors (Lipinski definition) is 1. The van der Waals surface area contributed by atoms with Gasteiger partial charge in [0, 0.05) is 21.1 Å². The Morgan fingerprint density at radius 1 is 1.22 bits per heavy atom. The molecule has 5 heteroatoms. The highest BCUT2D eigenvalue weighted by molar-refractivity contribution is 9.10. The molecule has 0 unspecified atom stereocenters. The van der Waals surface area contributed by atoms with E-state index in [1.165, 1.54) is 0 Å². The fourth-order valence-electron chi connectivity index (χ4n) is 2.21. The Hall–Kier alpha value is -1.98. The second kappa shape index (κ2) is 7.06. The third kappa shape index (κ3) is 4.06. The van der Waals surface area contributed by atoms with Gasteiger partial charge in [-0.2, -0.15) is 0 Å². The van der Waals surface area contributed by atoms with E-state index in [4.69, 9.17) is 0 Å². The number of aromatic nitrogens is 1. The molecule has 0 aliphatic rings. The van der Waals surface area contributed by atoms with E-state index in [0.717, 1.165) is 32.0 Å². The van der Waals surface area contributed by atoms with Crippen molar-refractivity contribution in [3.05, 3.63) is 69.6 Å². The maximum absolute atomic E-state index is 12.2. The SMILES string of the molecule is Cc1ccccc1NC(=O)Cc1csc(-c2cccc(Br)c2)n1. The van der Waals surface area contributed by atoms with E-state index in [-0.39, 0.29) is 12.3 Å². The Morgan fingerprint density at radius 3 is 2.83 bits per heavy atom. The molecule has 0 radical (unpaired) electrons. The van der Waals surface area contributed by atoms with Gasteiger partial charge < -0.3 is 5.32 Å². The van der Waals surface area contributed by atoms with Crippen LogP contribution in [0.1, 0.15) is 11.3 Å². The smallest absolute Gasteiger partial charge is 0.230 e. The van der Waals surface area contributed by atoms with Crippen molar-refractivity contribution in [3.8, 4) is 10.6 Å². The van der Waals surface area contributed by atoms with E-state index in [1.807, 2.05) is 60.8 Å². The number of nitrogens with zero attached hydrogens (tertiary/aromatic N) is 1. The summed E-state index contributed by atoms with van der Waals surface area (Å²) in [5, 5.41) is 5.79. The van der Waals surface area contributed by atoms with Gasteiger partial charge in [0.25, 0.3) is 0 Å². The van der Waals surface area contributed by atoms with Crippen LogP contribution in [0.5, 0.6) is 0 Å². The zero-order chi connectivity index (χ0) is 16.2. The van der Waals surface area contributed by atoms with Crippen molar-refractivity contribution in [2.45, 2.75) is 13.3 Å². The number of anilines is 1. The summed E-state index contributed by atoms with van der Waals surface area (Å²) in [4.78, 5) is 16.7. The maximum Gasteiger partial charge on any atom is 0.230 e. The predicted octanol–water partition coefficient (Wildman–Crippen LogP) is 5.06. The molecule has 23 heavy (non-hydrogen) atoms. The third-order valence-corrected chi connectivity index (χ3v) is 4.82. The summed E-state index contributed by atoms with van der Waals surface area (Å²) < 4.78 is 1.02. The summed E-state index contributed by atoms with van der Waals surface area (Å²) in [6.45, 7) is 1.98. The molecule has 0 aliphatic carbocycles. The van der Waals surface area contributed by atoms with Crippen LogP contribution in [0.25, 0.3) is 10.6 Å². The number of amides is 1. The first-order valence-electron chi connectivity index (χ1n) is 7.17. The lowest BCUT2D eigenvalue weighted by Crippen LogP contribution is -2.15. The Balaban J connectivity index is 1.69. The van der Waals surface area contributed by atoms with Crippen LogP contribution in [0, 0.1) is 6.92 Å². The van der Waals surface area contributed by atoms with Gasteiger partial charge in [0.15, 0.2) is 0 Å². The van der Waals surface area contributed by atoms with Gasteiger partial charge in [-0.1, -0.05) is 46.3 Å². The number of carbonyl (C=O) groups excluding carboxylic acids is 1. The van der Waals surface area contributed by atoms with Crippen LogP contribution in [0.15, 0.2) is 58.4 Å². The zero-order valence-corrected chi connectivity index (χ0v) is 14.9. The fraction of sp³-hybridized carbons (Fsp3) is 0.111. The van der Waals surface area contributed by atoms with E-state index in [1.54, 1.807) is 11.3 Å². The quantitative estimate of drug-likeness (QED) is 0.680. The molecular weight excluding hydrogens is 372 g/mol. The van der Waals surface area contributed by atoms with Crippen molar-refractivity contribution in [3.63, 3.8) is 0 Å². The Morgan fingerprint density at radius 2 is 2.04 bits per heavy atom. The second-order valence-corrected chi connectivity index (χ2v) is 6.97. The molecule has 1 heterocycles. The minimum atomic E-state index is -0.0506.